The lowest BCUT2D eigenvalue weighted by molar-refractivity contribution is -0.119. The van der Waals surface area contributed by atoms with Gasteiger partial charge in [0.25, 0.3) is 5.91 Å². The van der Waals surface area contributed by atoms with Crippen LogP contribution in [-0.4, -0.2) is 37.9 Å². The molecule has 32 heavy (non-hydrogen) atoms. The Morgan fingerprint density at radius 2 is 1.81 bits per heavy atom. The molecule has 1 amide bonds. The lowest BCUT2D eigenvalue weighted by Crippen LogP contribution is -2.39. The maximum absolute atomic E-state index is 12.4. The van der Waals surface area contributed by atoms with E-state index in [4.69, 9.17) is 23.2 Å². The second-order valence-corrected chi connectivity index (χ2v) is 9.91. The average molecular weight is 493 g/mol. The third-order valence-corrected chi connectivity index (χ3v) is 6.42. The highest BCUT2D eigenvalue weighted by Crippen LogP contribution is 2.30. The highest BCUT2D eigenvalue weighted by molar-refractivity contribution is 7.92. The van der Waals surface area contributed by atoms with Crippen molar-refractivity contribution >= 4 is 51.0 Å². The maximum atomic E-state index is 12.4. The summed E-state index contributed by atoms with van der Waals surface area (Å²) in [6, 6.07) is 16.2. The van der Waals surface area contributed by atoms with Crippen molar-refractivity contribution in [1.29, 1.82) is 0 Å². The lowest BCUT2D eigenvalue weighted by Gasteiger charge is -2.22. The quantitative estimate of drug-likeness (QED) is 0.393. The van der Waals surface area contributed by atoms with Gasteiger partial charge in [-0.3, -0.25) is 9.10 Å². The second kappa shape index (κ2) is 9.77. The van der Waals surface area contributed by atoms with Crippen molar-refractivity contribution < 1.29 is 13.2 Å². The van der Waals surface area contributed by atoms with Crippen LogP contribution >= 0.6 is 23.2 Å². The average Bonchev–Trinajstić information content (AvgIpc) is 3.01. The van der Waals surface area contributed by atoms with Crippen molar-refractivity contribution in [2.75, 3.05) is 17.1 Å². The first-order valence-electron chi connectivity index (χ1n) is 9.57. The Morgan fingerprint density at radius 3 is 2.47 bits per heavy atom. The summed E-state index contributed by atoms with van der Waals surface area (Å²) in [4.78, 5) is 12.4. The molecule has 0 bridgehead atoms. The molecule has 168 valence electrons. The molecule has 3 aromatic rings. The Bertz CT molecular complexity index is 1270. The van der Waals surface area contributed by atoms with Crippen molar-refractivity contribution in [3.8, 4) is 5.69 Å². The number of carbonyl (C=O) groups is 1. The third-order valence-electron chi connectivity index (χ3n) is 4.74. The van der Waals surface area contributed by atoms with E-state index in [1.165, 1.54) is 24.4 Å². The predicted molar refractivity (Wildman–Crippen MR) is 130 cm³/mol. The van der Waals surface area contributed by atoms with Gasteiger partial charge in [-0.25, -0.2) is 13.8 Å². The summed E-state index contributed by atoms with van der Waals surface area (Å²) in [6.45, 7) is 3.43. The Morgan fingerprint density at radius 1 is 1.12 bits per heavy atom. The molecule has 0 radical (unpaired) electrons. The van der Waals surface area contributed by atoms with E-state index in [0.29, 0.717) is 5.02 Å². The number of anilines is 1. The van der Waals surface area contributed by atoms with Crippen LogP contribution in [0.1, 0.15) is 17.0 Å². The Balaban J connectivity index is 1.76. The van der Waals surface area contributed by atoms with Crippen LogP contribution in [0.3, 0.4) is 0 Å². The van der Waals surface area contributed by atoms with Gasteiger partial charge < -0.3 is 4.57 Å². The zero-order valence-electron chi connectivity index (χ0n) is 17.7. The number of hydrazone groups is 1. The summed E-state index contributed by atoms with van der Waals surface area (Å²) in [5, 5.41) is 4.45. The molecule has 0 saturated heterocycles. The SMILES string of the molecule is Cc1cc(/C=N/NC(=O)CN(c2cc(Cl)ccc2Cl)S(C)(=O)=O)c(C)n1-c1ccccc1. The van der Waals surface area contributed by atoms with Crippen molar-refractivity contribution in [3.63, 3.8) is 0 Å². The number of para-hydroxylation sites is 1. The summed E-state index contributed by atoms with van der Waals surface area (Å²) in [5.74, 6) is -0.625. The third kappa shape index (κ3) is 5.51. The molecular weight excluding hydrogens is 471 g/mol. The van der Waals surface area contributed by atoms with E-state index in [-0.39, 0.29) is 10.7 Å². The van der Waals surface area contributed by atoms with Gasteiger partial charge in [0.1, 0.15) is 6.54 Å². The molecule has 7 nitrogen and oxygen atoms in total. The molecule has 0 aliphatic rings. The van der Waals surface area contributed by atoms with Gasteiger partial charge in [-0.1, -0.05) is 41.4 Å². The normalized spacial score (nSPS) is 11.7. The molecule has 1 aromatic heterocycles. The van der Waals surface area contributed by atoms with E-state index in [1.54, 1.807) is 0 Å². The molecule has 0 saturated carbocycles. The van der Waals surface area contributed by atoms with Crippen molar-refractivity contribution in [3.05, 3.63) is 81.6 Å². The first kappa shape index (κ1) is 23.8. The summed E-state index contributed by atoms with van der Waals surface area (Å²) in [6.07, 6.45) is 2.51. The van der Waals surface area contributed by atoms with E-state index in [2.05, 4.69) is 15.1 Å². The Kier molecular flexibility index (Phi) is 7.28. The molecule has 0 fully saturated rings. The number of hydrogen-bond donors (Lipinski definition) is 1. The topological polar surface area (TPSA) is 83.8 Å². The second-order valence-electron chi connectivity index (χ2n) is 7.16. The van der Waals surface area contributed by atoms with Gasteiger partial charge >= 0.3 is 0 Å². The molecule has 3 rings (SSSR count). The number of nitrogens with zero attached hydrogens (tertiary/aromatic N) is 3. The van der Waals surface area contributed by atoms with Crippen LogP contribution in [0.4, 0.5) is 5.69 Å². The molecule has 0 aliphatic heterocycles. The van der Waals surface area contributed by atoms with E-state index >= 15 is 0 Å². The Hall–Kier alpha value is -2.81. The van der Waals surface area contributed by atoms with Gasteiger partial charge in [0, 0.05) is 27.7 Å². The predicted octanol–water partition coefficient (Wildman–Crippen LogP) is 4.32. The summed E-state index contributed by atoms with van der Waals surface area (Å²) in [7, 11) is -3.79. The number of aromatic nitrogens is 1. The zero-order chi connectivity index (χ0) is 23.5. The molecule has 1 N–H and O–H groups in total. The van der Waals surface area contributed by atoms with Gasteiger partial charge in [-0.05, 0) is 50.2 Å². The largest absolute Gasteiger partial charge is 0.318 e. The number of hydrogen-bond acceptors (Lipinski definition) is 4. The number of amides is 1. The van der Waals surface area contributed by atoms with Crippen LogP contribution in [0.25, 0.3) is 5.69 Å². The number of carbonyl (C=O) groups excluding carboxylic acids is 1. The van der Waals surface area contributed by atoms with E-state index in [1.807, 2.05) is 50.2 Å². The summed E-state index contributed by atoms with van der Waals surface area (Å²) in [5.41, 5.74) is 6.30. The van der Waals surface area contributed by atoms with E-state index in [9.17, 15) is 13.2 Å². The van der Waals surface area contributed by atoms with Gasteiger partial charge in [0.05, 0.1) is 23.2 Å². The minimum Gasteiger partial charge on any atom is -0.318 e. The molecule has 0 aliphatic carbocycles. The monoisotopic (exact) mass is 492 g/mol. The van der Waals surface area contributed by atoms with Crippen molar-refractivity contribution in [1.82, 2.24) is 9.99 Å². The first-order valence-corrected chi connectivity index (χ1v) is 12.2. The van der Waals surface area contributed by atoms with Gasteiger partial charge in [0.15, 0.2) is 0 Å². The minimum atomic E-state index is -3.79. The molecule has 0 spiro atoms. The highest BCUT2D eigenvalue weighted by atomic mass is 35.5. The zero-order valence-corrected chi connectivity index (χ0v) is 20.0. The molecule has 2 aromatic carbocycles. The number of halogens is 2. The van der Waals surface area contributed by atoms with Gasteiger partial charge in [-0.15, -0.1) is 0 Å². The standard InChI is InChI=1S/C22H22Cl2N4O3S/c1-15-11-17(16(2)28(15)19-7-5-4-6-8-19)13-25-26-22(29)14-27(32(3,30)31)21-12-18(23)9-10-20(21)24/h4-13H,14H2,1-3H3,(H,26,29)/b25-13+. The van der Waals surface area contributed by atoms with Crippen molar-refractivity contribution in [2.24, 2.45) is 5.10 Å². The summed E-state index contributed by atoms with van der Waals surface area (Å²) >= 11 is 12.1. The molecule has 1 heterocycles. The molecule has 10 heteroatoms. The van der Waals surface area contributed by atoms with Crippen LogP contribution in [0.5, 0.6) is 0 Å². The van der Waals surface area contributed by atoms with Crippen LogP contribution in [0.2, 0.25) is 10.0 Å². The van der Waals surface area contributed by atoms with Crippen LogP contribution in [0, 0.1) is 13.8 Å². The fourth-order valence-corrected chi connectivity index (χ4v) is 4.59. The Labute approximate surface area is 197 Å². The van der Waals surface area contributed by atoms with E-state index in [0.717, 1.165) is 33.2 Å². The smallest absolute Gasteiger partial charge is 0.260 e. The van der Waals surface area contributed by atoms with Gasteiger partial charge in [-0.2, -0.15) is 5.10 Å². The van der Waals surface area contributed by atoms with Crippen LogP contribution in [0.15, 0.2) is 59.7 Å². The maximum Gasteiger partial charge on any atom is 0.260 e. The first-order chi connectivity index (χ1) is 15.1. The minimum absolute atomic E-state index is 0.118. The van der Waals surface area contributed by atoms with Crippen molar-refractivity contribution in [2.45, 2.75) is 13.8 Å². The fraction of sp³-hybridized carbons (Fsp3) is 0.182. The highest BCUT2D eigenvalue weighted by Gasteiger charge is 2.23. The number of aryl methyl sites for hydroxylation is 1. The fourth-order valence-electron chi connectivity index (χ4n) is 3.29. The van der Waals surface area contributed by atoms with Crippen LogP contribution < -0.4 is 9.73 Å². The van der Waals surface area contributed by atoms with Gasteiger partial charge in [0.2, 0.25) is 10.0 Å². The van der Waals surface area contributed by atoms with E-state index < -0.39 is 22.5 Å². The number of benzene rings is 2. The number of nitrogens with one attached hydrogen (secondary N) is 1. The molecular formula is C22H22Cl2N4O3S. The number of sulfonamides is 1. The number of rotatable bonds is 7. The summed E-state index contributed by atoms with van der Waals surface area (Å²) < 4.78 is 27.5. The molecule has 0 unspecified atom stereocenters. The molecule has 0 atom stereocenters. The lowest BCUT2D eigenvalue weighted by atomic mass is 10.2. The van der Waals surface area contributed by atoms with Crippen LogP contribution in [-0.2, 0) is 14.8 Å².